The summed E-state index contributed by atoms with van der Waals surface area (Å²) < 4.78 is 5.77. The second kappa shape index (κ2) is 8.17. The Morgan fingerprint density at radius 3 is 2.67 bits per heavy atom. The van der Waals surface area contributed by atoms with Crippen molar-refractivity contribution in [1.29, 1.82) is 0 Å². The van der Waals surface area contributed by atoms with Gasteiger partial charge in [0.25, 0.3) is 5.91 Å². The van der Waals surface area contributed by atoms with Crippen molar-refractivity contribution in [1.82, 2.24) is 14.9 Å². The van der Waals surface area contributed by atoms with E-state index in [-0.39, 0.29) is 29.5 Å². The predicted molar refractivity (Wildman–Crippen MR) is 130 cm³/mol. The highest BCUT2D eigenvalue weighted by Gasteiger charge is 2.32. The van der Waals surface area contributed by atoms with Crippen LogP contribution in [0.2, 0.25) is 10.0 Å². The Bertz CT molecular complexity index is 1240. The van der Waals surface area contributed by atoms with Crippen molar-refractivity contribution >= 4 is 46.4 Å². The number of anilines is 3. The molecule has 0 aliphatic carbocycles. The van der Waals surface area contributed by atoms with Crippen LogP contribution in [0.15, 0.2) is 42.6 Å². The quantitative estimate of drug-likeness (QED) is 0.548. The van der Waals surface area contributed by atoms with Gasteiger partial charge in [-0.3, -0.25) is 9.69 Å². The van der Waals surface area contributed by atoms with E-state index in [1.54, 1.807) is 18.2 Å². The first-order chi connectivity index (χ1) is 15.7. The Kier molecular flexibility index (Phi) is 5.43. The number of ether oxygens (including phenoxy) is 1. The molecule has 0 saturated carbocycles. The number of benzene rings is 2. The SMILES string of the molecule is CN1Cc2cc(Nc3ncc4c(n3)OCN(c3c(Cl)cccc3Cl)C4=O)ccc2C(C)(C)C1. The number of halogens is 2. The average Bonchev–Trinajstić information content (AvgIpc) is 2.74. The summed E-state index contributed by atoms with van der Waals surface area (Å²) in [7, 11) is 2.13. The highest BCUT2D eigenvalue weighted by Crippen LogP contribution is 2.37. The Balaban J connectivity index is 1.40. The minimum absolute atomic E-state index is 0.0496. The Hall–Kier alpha value is -2.87. The molecule has 0 atom stereocenters. The van der Waals surface area contributed by atoms with Crippen LogP contribution in [0.5, 0.6) is 5.88 Å². The van der Waals surface area contributed by atoms with Crippen molar-refractivity contribution in [3.8, 4) is 5.88 Å². The Labute approximate surface area is 202 Å². The molecule has 7 nitrogen and oxygen atoms in total. The molecule has 1 N–H and O–H groups in total. The van der Waals surface area contributed by atoms with Crippen molar-refractivity contribution in [2.24, 2.45) is 0 Å². The summed E-state index contributed by atoms with van der Waals surface area (Å²) in [5, 5.41) is 3.96. The van der Waals surface area contributed by atoms with Gasteiger partial charge in [-0.05, 0) is 42.4 Å². The van der Waals surface area contributed by atoms with Gasteiger partial charge in [-0.2, -0.15) is 4.98 Å². The molecule has 0 radical (unpaired) electrons. The fourth-order valence-electron chi connectivity index (χ4n) is 4.62. The van der Waals surface area contributed by atoms with Gasteiger partial charge in [-0.25, -0.2) is 4.98 Å². The van der Waals surface area contributed by atoms with Gasteiger partial charge < -0.3 is 15.0 Å². The first-order valence-corrected chi connectivity index (χ1v) is 11.3. The van der Waals surface area contributed by atoms with Crippen LogP contribution in [0.25, 0.3) is 0 Å². The van der Waals surface area contributed by atoms with Gasteiger partial charge in [-0.15, -0.1) is 0 Å². The maximum atomic E-state index is 13.1. The van der Waals surface area contributed by atoms with Crippen molar-refractivity contribution in [3.63, 3.8) is 0 Å². The smallest absolute Gasteiger partial charge is 0.268 e. The van der Waals surface area contributed by atoms with Crippen molar-refractivity contribution < 1.29 is 9.53 Å². The largest absolute Gasteiger partial charge is 0.455 e. The monoisotopic (exact) mass is 483 g/mol. The molecular weight excluding hydrogens is 461 g/mol. The Morgan fingerprint density at radius 1 is 1.15 bits per heavy atom. The summed E-state index contributed by atoms with van der Waals surface area (Å²) in [6, 6.07) is 11.4. The first kappa shape index (κ1) is 21.9. The summed E-state index contributed by atoms with van der Waals surface area (Å²) in [5.41, 5.74) is 4.25. The molecule has 5 rings (SSSR count). The molecule has 1 amide bonds. The predicted octanol–water partition coefficient (Wildman–Crippen LogP) is 5.25. The van der Waals surface area contributed by atoms with E-state index < -0.39 is 0 Å². The van der Waals surface area contributed by atoms with E-state index in [1.807, 2.05) is 6.07 Å². The van der Waals surface area contributed by atoms with Gasteiger partial charge >= 0.3 is 0 Å². The normalized spacial score (nSPS) is 17.2. The van der Waals surface area contributed by atoms with E-state index in [2.05, 4.69) is 53.2 Å². The molecular formula is C24H23Cl2N5O2. The maximum Gasteiger partial charge on any atom is 0.268 e. The number of fused-ring (bicyclic) bond motifs is 2. The van der Waals surface area contributed by atoms with Gasteiger partial charge in [0.05, 0.1) is 15.7 Å². The number of rotatable bonds is 3. The number of likely N-dealkylation sites (N-methyl/N-ethyl adjacent to an activating group) is 1. The number of nitrogens with one attached hydrogen (secondary N) is 1. The van der Waals surface area contributed by atoms with Crippen LogP contribution in [0.4, 0.5) is 17.3 Å². The third-order valence-corrected chi connectivity index (χ3v) is 6.57. The van der Waals surface area contributed by atoms with E-state index in [0.29, 0.717) is 21.7 Å². The van der Waals surface area contributed by atoms with E-state index >= 15 is 0 Å². The van der Waals surface area contributed by atoms with Crippen molar-refractivity contribution in [2.45, 2.75) is 25.8 Å². The molecule has 0 bridgehead atoms. The van der Waals surface area contributed by atoms with E-state index in [0.717, 1.165) is 18.8 Å². The van der Waals surface area contributed by atoms with Gasteiger partial charge in [0, 0.05) is 30.4 Å². The number of hydrogen-bond donors (Lipinski definition) is 1. The number of carbonyl (C=O) groups is 1. The van der Waals surface area contributed by atoms with Crippen LogP contribution in [-0.2, 0) is 12.0 Å². The van der Waals surface area contributed by atoms with E-state index in [1.165, 1.54) is 22.2 Å². The lowest BCUT2D eigenvalue weighted by atomic mass is 9.78. The second-order valence-electron chi connectivity index (χ2n) is 9.04. The summed E-state index contributed by atoms with van der Waals surface area (Å²) in [4.78, 5) is 25.5. The highest BCUT2D eigenvalue weighted by atomic mass is 35.5. The number of nitrogens with zero attached hydrogens (tertiary/aromatic N) is 4. The molecule has 2 aromatic carbocycles. The molecule has 9 heteroatoms. The molecule has 170 valence electrons. The summed E-state index contributed by atoms with van der Waals surface area (Å²) in [6.07, 6.45) is 1.46. The fraction of sp³-hybridized carbons (Fsp3) is 0.292. The second-order valence-corrected chi connectivity index (χ2v) is 9.86. The van der Waals surface area contributed by atoms with Crippen LogP contribution in [0.1, 0.15) is 35.3 Å². The highest BCUT2D eigenvalue weighted by molar-refractivity contribution is 6.40. The molecule has 0 spiro atoms. The molecule has 2 aliphatic heterocycles. The molecule has 0 unspecified atom stereocenters. The molecule has 0 saturated heterocycles. The molecule has 0 fully saturated rings. The van der Waals surface area contributed by atoms with Crippen LogP contribution in [-0.4, -0.2) is 41.1 Å². The standard InChI is InChI=1S/C24H23Cl2N5O2/c1-24(2)12-30(3)11-14-9-15(7-8-17(14)24)28-23-27-10-16-21(29-23)33-13-31(22(16)32)20-18(25)5-4-6-19(20)26/h4-10H,11-13H2,1-3H3,(H,27,28,29). The lowest BCUT2D eigenvalue weighted by Gasteiger charge is -2.38. The third kappa shape index (κ3) is 4.01. The first-order valence-electron chi connectivity index (χ1n) is 10.6. The maximum absolute atomic E-state index is 13.1. The Morgan fingerprint density at radius 2 is 1.91 bits per heavy atom. The zero-order chi connectivity index (χ0) is 23.3. The summed E-state index contributed by atoms with van der Waals surface area (Å²) in [5.74, 6) is 0.252. The topological polar surface area (TPSA) is 70.6 Å². The van der Waals surface area contributed by atoms with E-state index in [4.69, 9.17) is 27.9 Å². The number of carbonyl (C=O) groups excluding carboxylic acids is 1. The van der Waals surface area contributed by atoms with Gasteiger partial charge in [0.1, 0.15) is 5.56 Å². The fourth-order valence-corrected chi connectivity index (χ4v) is 5.23. The molecule has 3 aromatic rings. The van der Waals surface area contributed by atoms with E-state index in [9.17, 15) is 4.79 Å². The van der Waals surface area contributed by atoms with Gasteiger partial charge in [-0.1, -0.05) is 49.2 Å². The van der Waals surface area contributed by atoms with Crippen molar-refractivity contribution in [2.75, 3.05) is 30.5 Å². The minimum atomic E-state index is -0.322. The molecule has 33 heavy (non-hydrogen) atoms. The number of para-hydroxylation sites is 1. The summed E-state index contributed by atoms with van der Waals surface area (Å²) in [6.45, 7) is 6.37. The summed E-state index contributed by atoms with van der Waals surface area (Å²) >= 11 is 12.5. The number of amides is 1. The molecule has 1 aromatic heterocycles. The van der Waals surface area contributed by atoms with Gasteiger partial charge in [0.2, 0.25) is 11.8 Å². The zero-order valence-corrected chi connectivity index (χ0v) is 20.0. The van der Waals surface area contributed by atoms with Crippen molar-refractivity contribution in [3.05, 3.63) is 69.3 Å². The zero-order valence-electron chi connectivity index (χ0n) is 18.5. The van der Waals surface area contributed by atoms with Crippen LogP contribution in [0, 0.1) is 0 Å². The van der Waals surface area contributed by atoms with Gasteiger partial charge in [0.15, 0.2) is 6.73 Å². The van der Waals surface area contributed by atoms with Crippen LogP contribution >= 0.6 is 23.2 Å². The minimum Gasteiger partial charge on any atom is -0.455 e. The molecule has 2 aliphatic rings. The lowest BCUT2D eigenvalue weighted by molar-refractivity contribution is 0.0932. The molecule has 3 heterocycles. The van der Waals surface area contributed by atoms with Crippen LogP contribution in [0.3, 0.4) is 0 Å². The number of hydrogen-bond acceptors (Lipinski definition) is 6. The third-order valence-electron chi connectivity index (χ3n) is 5.96. The average molecular weight is 484 g/mol. The lowest BCUT2D eigenvalue weighted by Crippen LogP contribution is -2.40. The van der Waals surface area contributed by atoms with Crippen LogP contribution < -0.4 is 15.0 Å². The number of aromatic nitrogens is 2.